The minimum absolute atomic E-state index is 0. The van der Waals surface area contributed by atoms with E-state index in [0.717, 1.165) is 5.56 Å². The molecule has 0 aromatic carbocycles. The Morgan fingerprint density at radius 2 is 1.92 bits per heavy atom. The molecule has 11 nitrogen and oxygen atoms in total. The highest BCUT2D eigenvalue weighted by atomic mass is 35.5. The number of ether oxygens (including phenoxy) is 1. The lowest BCUT2D eigenvalue weighted by molar-refractivity contribution is -0.169. The lowest BCUT2D eigenvalue weighted by Gasteiger charge is -2.38. The zero-order valence-electron chi connectivity index (χ0n) is 21.1. The quantitative estimate of drug-likeness (QED) is 0.567. The Balaban J connectivity index is 0.00000336. The van der Waals surface area contributed by atoms with Crippen LogP contribution in [0, 0.1) is 0 Å². The van der Waals surface area contributed by atoms with Gasteiger partial charge in [-0.1, -0.05) is 0 Å². The lowest BCUT2D eigenvalue weighted by atomic mass is 9.99. The van der Waals surface area contributed by atoms with Crippen molar-refractivity contribution < 1.29 is 22.7 Å². The van der Waals surface area contributed by atoms with Gasteiger partial charge in [0.15, 0.2) is 6.04 Å². The standard InChI is InChI=1S/C23H30F3N9O2.ClH/c1-13-11-37-8-7-34(13)21-31-16(14-9-29-20(28)30-10-14)15-3-5-35(18(15)32-21)22(2)4-6-33(12-22)19(36)17(27)23(24,25)26;/h9-10,13,17H,3-8,11-12,27H2,1-2H3,(H2,28,29,30);1H/t13-,17-,22-;/m0./s1. The van der Waals surface area contributed by atoms with Crippen molar-refractivity contribution in [2.24, 2.45) is 5.73 Å². The zero-order valence-corrected chi connectivity index (χ0v) is 21.9. The number of nitrogens with two attached hydrogens (primary N) is 2. The summed E-state index contributed by atoms with van der Waals surface area (Å²) in [4.78, 5) is 36.0. The second-order valence-corrected chi connectivity index (χ2v) is 10.0. The lowest BCUT2D eigenvalue weighted by Crippen LogP contribution is -2.54. The van der Waals surface area contributed by atoms with Crippen LogP contribution in [0.2, 0.25) is 0 Å². The Hall–Kier alpha value is -2.97. The average Bonchev–Trinajstić information content (AvgIpc) is 3.47. The van der Waals surface area contributed by atoms with Gasteiger partial charge in [-0.15, -0.1) is 12.4 Å². The first-order chi connectivity index (χ1) is 17.5. The molecule has 5 heterocycles. The maximum atomic E-state index is 13.1. The van der Waals surface area contributed by atoms with Crippen molar-refractivity contribution in [2.75, 3.05) is 54.9 Å². The molecule has 0 spiro atoms. The number of carbonyl (C=O) groups excluding carboxylic acids is 1. The first kappa shape index (κ1) is 28.0. The third-order valence-corrected chi connectivity index (χ3v) is 7.42. The molecule has 208 valence electrons. The molecule has 0 radical (unpaired) electrons. The first-order valence-corrected chi connectivity index (χ1v) is 12.2. The summed E-state index contributed by atoms with van der Waals surface area (Å²) in [6.45, 7) is 6.56. The number of hydrogen-bond donors (Lipinski definition) is 2. The molecule has 5 rings (SSSR count). The van der Waals surface area contributed by atoms with E-state index >= 15 is 0 Å². The Labute approximate surface area is 224 Å². The van der Waals surface area contributed by atoms with Gasteiger partial charge in [-0.2, -0.15) is 18.2 Å². The van der Waals surface area contributed by atoms with Gasteiger partial charge in [0, 0.05) is 49.7 Å². The van der Waals surface area contributed by atoms with Crippen LogP contribution in [0.5, 0.6) is 0 Å². The molecule has 0 bridgehead atoms. The van der Waals surface area contributed by atoms with Crippen LogP contribution in [0.3, 0.4) is 0 Å². The van der Waals surface area contributed by atoms with Gasteiger partial charge < -0.3 is 30.9 Å². The van der Waals surface area contributed by atoms with E-state index in [0.29, 0.717) is 62.2 Å². The van der Waals surface area contributed by atoms with Gasteiger partial charge in [0.1, 0.15) is 5.82 Å². The number of rotatable bonds is 4. The van der Waals surface area contributed by atoms with Gasteiger partial charge in [-0.3, -0.25) is 4.79 Å². The normalized spacial score (nSPS) is 24.3. The summed E-state index contributed by atoms with van der Waals surface area (Å²) in [7, 11) is 0. The van der Waals surface area contributed by atoms with Gasteiger partial charge in [-0.05, 0) is 26.7 Å². The Bertz CT molecular complexity index is 1190. The smallest absolute Gasteiger partial charge is 0.377 e. The molecule has 0 aliphatic carbocycles. The largest absolute Gasteiger partial charge is 0.412 e. The van der Waals surface area contributed by atoms with Gasteiger partial charge >= 0.3 is 6.18 Å². The molecule has 0 unspecified atom stereocenters. The zero-order chi connectivity index (χ0) is 26.5. The average molecular weight is 558 g/mol. The number of hydrogen-bond acceptors (Lipinski definition) is 10. The van der Waals surface area contributed by atoms with Crippen molar-refractivity contribution in [1.82, 2.24) is 24.8 Å². The summed E-state index contributed by atoms with van der Waals surface area (Å²) in [5.74, 6) is 0.272. The predicted molar refractivity (Wildman–Crippen MR) is 137 cm³/mol. The third kappa shape index (κ3) is 5.04. The number of nitrogens with zero attached hydrogens (tertiary/aromatic N) is 7. The number of carbonyl (C=O) groups is 1. The van der Waals surface area contributed by atoms with E-state index in [1.165, 1.54) is 4.90 Å². The molecular weight excluding hydrogens is 527 g/mol. The molecule has 2 fully saturated rings. The minimum atomic E-state index is -4.79. The highest BCUT2D eigenvalue weighted by Crippen LogP contribution is 2.42. The third-order valence-electron chi connectivity index (χ3n) is 7.42. The topological polar surface area (TPSA) is 140 Å². The maximum absolute atomic E-state index is 13.1. The van der Waals surface area contributed by atoms with E-state index in [2.05, 4.69) is 19.8 Å². The number of morpholine rings is 1. The number of anilines is 3. The Kier molecular flexibility index (Phi) is 7.60. The van der Waals surface area contributed by atoms with Crippen LogP contribution in [0.4, 0.5) is 30.9 Å². The summed E-state index contributed by atoms with van der Waals surface area (Å²) < 4.78 is 44.9. The fraction of sp³-hybridized carbons (Fsp3) is 0.609. The molecular formula is C23H31ClF3N9O2. The van der Waals surface area contributed by atoms with Gasteiger partial charge in [-0.25, -0.2) is 15.0 Å². The number of alkyl halides is 3. The molecule has 3 atom stereocenters. The second-order valence-electron chi connectivity index (χ2n) is 10.0. The summed E-state index contributed by atoms with van der Waals surface area (Å²) >= 11 is 0. The highest BCUT2D eigenvalue weighted by Gasteiger charge is 2.49. The maximum Gasteiger partial charge on any atom is 0.412 e. The van der Waals surface area contributed by atoms with Crippen LogP contribution >= 0.6 is 12.4 Å². The van der Waals surface area contributed by atoms with Crippen LogP contribution in [0.25, 0.3) is 11.3 Å². The van der Waals surface area contributed by atoms with Crippen molar-refractivity contribution in [3.63, 3.8) is 0 Å². The van der Waals surface area contributed by atoms with E-state index in [9.17, 15) is 18.0 Å². The molecule has 2 aromatic rings. The molecule has 4 N–H and O–H groups in total. The number of aromatic nitrogens is 4. The molecule has 3 aliphatic rings. The van der Waals surface area contributed by atoms with E-state index < -0.39 is 23.7 Å². The summed E-state index contributed by atoms with van der Waals surface area (Å²) in [6, 6.07) is -2.48. The Morgan fingerprint density at radius 1 is 1.21 bits per heavy atom. The SMILES string of the molecule is C[C@H]1COCCN1c1nc(-c2cnc(N)nc2)c2c(n1)N([C@@]1(C)CCN(C(=O)[C@H](N)C(F)(F)F)C1)CC2.Cl. The molecule has 38 heavy (non-hydrogen) atoms. The summed E-state index contributed by atoms with van der Waals surface area (Å²) in [6.07, 6.45) is -0.439. The molecule has 2 aromatic heterocycles. The molecule has 1 amide bonds. The van der Waals surface area contributed by atoms with E-state index in [1.54, 1.807) is 12.4 Å². The van der Waals surface area contributed by atoms with Crippen LogP contribution < -0.4 is 21.3 Å². The van der Waals surface area contributed by atoms with Crippen LogP contribution in [0.1, 0.15) is 25.8 Å². The predicted octanol–water partition coefficient (Wildman–Crippen LogP) is 1.41. The van der Waals surface area contributed by atoms with Crippen molar-refractivity contribution in [3.05, 3.63) is 18.0 Å². The molecule has 0 saturated carbocycles. The van der Waals surface area contributed by atoms with Crippen molar-refractivity contribution in [3.8, 4) is 11.3 Å². The number of nitrogen functional groups attached to an aromatic ring is 1. The van der Waals surface area contributed by atoms with Crippen LogP contribution in [0.15, 0.2) is 12.4 Å². The summed E-state index contributed by atoms with van der Waals surface area (Å²) in [5.41, 5.74) is 12.6. The fourth-order valence-corrected chi connectivity index (χ4v) is 5.31. The van der Waals surface area contributed by atoms with Gasteiger partial charge in [0.05, 0.1) is 30.5 Å². The van der Waals surface area contributed by atoms with Crippen LogP contribution in [-0.2, 0) is 16.0 Å². The Morgan fingerprint density at radius 3 is 2.58 bits per heavy atom. The second kappa shape index (κ2) is 10.3. The first-order valence-electron chi connectivity index (χ1n) is 12.2. The van der Waals surface area contributed by atoms with Crippen molar-refractivity contribution in [2.45, 2.75) is 50.5 Å². The molecule has 15 heteroatoms. The van der Waals surface area contributed by atoms with Crippen molar-refractivity contribution in [1.29, 1.82) is 0 Å². The monoisotopic (exact) mass is 557 g/mol. The van der Waals surface area contributed by atoms with Crippen molar-refractivity contribution >= 4 is 36.0 Å². The van der Waals surface area contributed by atoms with Gasteiger partial charge in [0.2, 0.25) is 17.8 Å². The van der Waals surface area contributed by atoms with E-state index in [4.69, 9.17) is 26.2 Å². The summed E-state index contributed by atoms with van der Waals surface area (Å²) in [5, 5.41) is 0. The number of amides is 1. The highest BCUT2D eigenvalue weighted by molar-refractivity contribution is 5.85. The fourth-order valence-electron chi connectivity index (χ4n) is 5.31. The number of halogens is 4. The van der Waals surface area contributed by atoms with E-state index in [1.807, 2.05) is 13.8 Å². The number of likely N-dealkylation sites (tertiary alicyclic amines) is 1. The molecule has 2 saturated heterocycles. The number of fused-ring (bicyclic) bond motifs is 1. The minimum Gasteiger partial charge on any atom is -0.377 e. The molecule has 3 aliphatic heterocycles. The van der Waals surface area contributed by atoms with Gasteiger partial charge in [0.25, 0.3) is 0 Å². The van der Waals surface area contributed by atoms with E-state index in [-0.39, 0.29) is 37.5 Å². The van der Waals surface area contributed by atoms with Crippen LogP contribution in [-0.4, -0.2) is 93.9 Å².